The van der Waals surface area contributed by atoms with Crippen LogP contribution in [0.4, 0.5) is 0 Å². The Morgan fingerprint density at radius 1 is 0.842 bits per heavy atom. The zero-order valence-corrected chi connectivity index (χ0v) is 12.3. The summed E-state index contributed by atoms with van der Waals surface area (Å²) in [5, 5.41) is 0. The maximum atomic E-state index is 5.29. The van der Waals surface area contributed by atoms with Gasteiger partial charge in [0.2, 0.25) is 0 Å². The van der Waals surface area contributed by atoms with E-state index in [2.05, 4.69) is 48.1 Å². The van der Waals surface area contributed by atoms with Gasteiger partial charge in [0, 0.05) is 13.1 Å². The average molecular weight is 277 g/mol. The van der Waals surface area contributed by atoms with Gasteiger partial charge < -0.3 is 4.90 Å². The van der Waals surface area contributed by atoms with Crippen molar-refractivity contribution in [2.45, 2.75) is 13.1 Å². The molecule has 2 nitrogen and oxygen atoms in total. The molecular formula is C16H21ClN2. The zero-order valence-electron chi connectivity index (χ0n) is 11.5. The fourth-order valence-corrected chi connectivity index (χ4v) is 1.78. The molecule has 19 heavy (non-hydrogen) atoms. The van der Waals surface area contributed by atoms with Crippen molar-refractivity contribution in [1.82, 2.24) is 9.74 Å². The van der Waals surface area contributed by atoms with E-state index in [0.29, 0.717) is 0 Å². The molecule has 3 heteroatoms. The largest absolute Gasteiger partial charge is 0.305 e. The summed E-state index contributed by atoms with van der Waals surface area (Å²) >= 11 is 5.29. The maximum absolute atomic E-state index is 5.29. The summed E-state index contributed by atoms with van der Waals surface area (Å²) in [6.45, 7) is 1.75. The zero-order chi connectivity index (χ0) is 13.9. The van der Waals surface area contributed by atoms with Crippen LogP contribution in [-0.2, 0) is 13.1 Å². The lowest BCUT2D eigenvalue weighted by Crippen LogP contribution is -2.10. The third-order valence-corrected chi connectivity index (χ3v) is 2.59. The third-order valence-electron chi connectivity index (χ3n) is 2.46. The van der Waals surface area contributed by atoms with Crippen molar-refractivity contribution < 1.29 is 0 Å². The second kappa shape index (κ2) is 9.56. The van der Waals surface area contributed by atoms with Gasteiger partial charge in [-0.15, -0.1) is 0 Å². The van der Waals surface area contributed by atoms with Gasteiger partial charge in [-0.1, -0.05) is 60.7 Å². The number of hydrogen-bond acceptors (Lipinski definition) is 2. The first-order valence-corrected chi connectivity index (χ1v) is 6.66. The van der Waals surface area contributed by atoms with Gasteiger partial charge in [0.05, 0.1) is 0 Å². The number of halogens is 1. The molecule has 0 aliphatic carbocycles. The summed E-state index contributed by atoms with van der Waals surface area (Å²) in [5.74, 6) is 0. The van der Waals surface area contributed by atoms with Gasteiger partial charge in [0.15, 0.2) is 0 Å². The first-order valence-electron chi connectivity index (χ1n) is 6.28. The average Bonchev–Trinajstić information content (AvgIpc) is 2.41. The first kappa shape index (κ1) is 15.7. The van der Waals surface area contributed by atoms with E-state index in [-0.39, 0.29) is 0 Å². The van der Waals surface area contributed by atoms with E-state index in [4.69, 9.17) is 11.8 Å². The molecule has 0 fully saturated rings. The molecule has 102 valence electrons. The number of benzene rings is 2. The molecule has 0 saturated heterocycles. The highest BCUT2D eigenvalue weighted by molar-refractivity contribution is 6.13. The van der Waals surface area contributed by atoms with E-state index in [1.165, 1.54) is 11.1 Å². The Balaban J connectivity index is 0.000000191. The van der Waals surface area contributed by atoms with Crippen LogP contribution in [0.3, 0.4) is 0 Å². The Labute approximate surface area is 121 Å². The quantitative estimate of drug-likeness (QED) is 0.857. The van der Waals surface area contributed by atoms with Crippen molar-refractivity contribution in [2.24, 2.45) is 0 Å². The Hall–Kier alpha value is -1.35. The van der Waals surface area contributed by atoms with Crippen molar-refractivity contribution in [3.8, 4) is 0 Å². The van der Waals surface area contributed by atoms with Crippen LogP contribution >= 0.6 is 11.8 Å². The molecule has 0 amide bonds. The van der Waals surface area contributed by atoms with E-state index in [0.717, 1.165) is 13.1 Å². The molecule has 2 aromatic carbocycles. The molecule has 2 aromatic rings. The van der Waals surface area contributed by atoms with Crippen LogP contribution in [0, 0.1) is 0 Å². The van der Waals surface area contributed by atoms with Crippen molar-refractivity contribution in [2.75, 3.05) is 14.1 Å². The third kappa shape index (κ3) is 7.62. The van der Waals surface area contributed by atoms with Gasteiger partial charge in [-0.25, -0.2) is 4.84 Å². The molecule has 0 aliphatic rings. The van der Waals surface area contributed by atoms with Crippen molar-refractivity contribution in [3.63, 3.8) is 0 Å². The predicted molar refractivity (Wildman–Crippen MR) is 83.0 cm³/mol. The Morgan fingerprint density at radius 3 is 1.74 bits per heavy atom. The minimum absolute atomic E-state index is 0.725. The topological polar surface area (TPSA) is 15.3 Å². The van der Waals surface area contributed by atoms with Crippen LogP contribution in [-0.4, -0.2) is 19.0 Å². The molecule has 2 rings (SSSR count). The van der Waals surface area contributed by atoms with Gasteiger partial charge in [-0.2, -0.15) is 0 Å². The van der Waals surface area contributed by atoms with E-state index in [1.807, 2.05) is 36.4 Å². The van der Waals surface area contributed by atoms with Crippen LogP contribution in [0.25, 0.3) is 0 Å². The maximum Gasteiger partial charge on any atom is 0.0359 e. The lowest BCUT2D eigenvalue weighted by atomic mass is 10.2. The van der Waals surface area contributed by atoms with Gasteiger partial charge in [0.1, 0.15) is 0 Å². The fourth-order valence-electron chi connectivity index (χ4n) is 1.62. The van der Waals surface area contributed by atoms with E-state index >= 15 is 0 Å². The number of hydrogen-bond donors (Lipinski definition) is 1. The first-order chi connectivity index (χ1) is 9.22. The van der Waals surface area contributed by atoms with E-state index in [9.17, 15) is 0 Å². The Bertz CT molecular complexity index is 429. The second-order valence-electron chi connectivity index (χ2n) is 4.52. The monoisotopic (exact) mass is 276 g/mol. The molecular weight excluding hydrogens is 256 g/mol. The highest BCUT2D eigenvalue weighted by Crippen LogP contribution is 1.99. The summed E-state index contributed by atoms with van der Waals surface area (Å²) in [7, 11) is 4.15. The molecule has 0 heterocycles. The van der Waals surface area contributed by atoms with E-state index < -0.39 is 0 Å². The van der Waals surface area contributed by atoms with Gasteiger partial charge >= 0.3 is 0 Å². The molecule has 0 radical (unpaired) electrons. The molecule has 0 unspecified atom stereocenters. The number of rotatable bonds is 4. The fraction of sp³-hybridized carbons (Fsp3) is 0.250. The summed E-state index contributed by atoms with van der Waals surface area (Å²) < 4.78 is 0. The molecule has 0 spiro atoms. The smallest absolute Gasteiger partial charge is 0.0359 e. The Kier molecular flexibility index (Phi) is 7.91. The summed E-state index contributed by atoms with van der Waals surface area (Å²) in [4.78, 5) is 4.72. The molecule has 0 aliphatic heterocycles. The van der Waals surface area contributed by atoms with Crippen LogP contribution in [0.1, 0.15) is 11.1 Å². The minimum Gasteiger partial charge on any atom is -0.305 e. The van der Waals surface area contributed by atoms with Crippen molar-refractivity contribution in [3.05, 3.63) is 71.8 Å². The molecule has 0 saturated carbocycles. The van der Waals surface area contributed by atoms with Crippen LogP contribution < -0.4 is 4.84 Å². The minimum atomic E-state index is 0.725. The van der Waals surface area contributed by atoms with Gasteiger partial charge in [-0.05, 0) is 37.0 Å². The molecule has 0 atom stereocenters. The normalized spacial score (nSPS) is 9.89. The molecule has 0 bridgehead atoms. The SMILES string of the molecule is CN(C)Cc1ccccc1.ClNCc1ccccc1. The highest BCUT2D eigenvalue weighted by atomic mass is 35.5. The predicted octanol–water partition coefficient (Wildman–Crippen LogP) is 3.68. The summed E-state index contributed by atoms with van der Waals surface area (Å²) in [6.07, 6.45) is 0. The van der Waals surface area contributed by atoms with Crippen LogP contribution in [0.15, 0.2) is 60.7 Å². The molecule has 0 aromatic heterocycles. The summed E-state index contributed by atoms with van der Waals surface area (Å²) in [5.41, 5.74) is 2.57. The van der Waals surface area contributed by atoms with Gasteiger partial charge in [0.25, 0.3) is 0 Å². The standard InChI is InChI=1S/C9H13N.C7H8ClN/c1-10(2)8-9-6-4-3-5-7-9;8-9-6-7-4-2-1-3-5-7/h3-7H,8H2,1-2H3;1-5,9H,6H2. The van der Waals surface area contributed by atoms with Gasteiger partial charge in [-0.3, -0.25) is 0 Å². The molecule has 1 N–H and O–H groups in total. The lowest BCUT2D eigenvalue weighted by molar-refractivity contribution is 0.402. The second-order valence-corrected chi connectivity index (χ2v) is 4.79. The van der Waals surface area contributed by atoms with E-state index in [1.54, 1.807) is 0 Å². The summed E-state index contributed by atoms with van der Waals surface area (Å²) in [6, 6.07) is 20.5. The Morgan fingerprint density at radius 2 is 1.32 bits per heavy atom. The lowest BCUT2D eigenvalue weighted by Gasteiger charge is -2.08. The number of nitrogens with zero attached hydrogens (tertiary/aromatic N) is 1. The van der Waals surface area contributed by atoms with Crippen molar-refractivity contribution >= 4 is 11.8 Å². The van der Waals surface area contributed by atoms with Crippen LogP contribution in [0.2, 0.25) is 0 Å². The highest BCUT2D eigenvalue weighted by Gasteiger charge is 1.90. The van der Waals surface area contributed by atoms with Crippen molar-refractivity contribution in [1.29, 1.82) is 0 Å². The van der Waals surface area contributed by atoms with Crippen LogP contribution in [0.5, 0.6) is 0 Å². The number of nitrogens with one attached hydrogen (secondary N) is 1.